The summed E-state index contributed by atoms with van der Waals surface area (Å²) in [5.74, 6) is 1.02. The molecule has 0 spiro atoms. The van der Waals surface area contributed by atoms with Crippen molar-refractivity contribution in [3.8, 4) is 0 Å². The zero-order valence-corrected chi connectivity index (χ0v) is 16.9. The van der Waals surface area contributed by atoms with Crippen LogP contribution in [0.25, 0.3) is 10.1 Å². The maximum Gasteiger partial charge on any atom is 0.148 e. The van der Waals surface area contributed by atoms with Crippen LogP contribution in [0.1, 0.15) is 24.1 Å². The molecular weight excluding hydrogens is 404 g/mol. The number of hydrogen-bond acceptors (Lipinski definition) is 6. The fraction of sp³-hybridized carbons (Fsp3) is 0.412. The average Bonchev–Trinajstić information content (AvgIpc) is 3.16. The topological polar surface area (TPSA) is 49.8 Å². The number of fused-ring (bicyclic) bond motifs is 1. The van der Waals surface area contributed by atoms with E-state index in [1.807, 2.05) is 6.20 Å². The van der Waals surface area contributed by atoms with Gasteiger partial charge in [-0.2, -0.15) is 15.7 Å². The molecule has 3 aromatic rings. The Labute approximate surface area is 159 Å². The number of anilines is 1. The number of aryl methyl sites for hydroxylation is 2. The van der Waals surface area contributed by atoms with E-state index in [1.54, 1.807) is 22.9 Å². The molecule has 24 heavy (non-hydrogen) atoms. The molecule has 3 aromatic heterocycles. The lowest BCUT2D eigenvalue weighted by Gasteiger charge is -2.07. The number of thiophene rings is 1. The second-order valence-corrected chi connectivity index (χ2v) is 8.20. The predicted molar refractivity (Wildman–Crippen MR) is 108 cm³/mol. The molecule has 0 bridgehead atoms. The number of rotatable bonds is 9. The van der Waals surface area contributed by atoms with Gasteiger partial charge in [0.2, 0.25) is 0 Å². The van der Waals surface area contributed by atoms with Crippen molar-refractivity contribution in [3.63, 3.8) is 0 Å². The van der Waals surface area contributed by atoms with Crippen LogP contribution in [0.3, 0.4) is 0 Å². The largest absolute Gasteiger partial charge is 0.367 e. The Bertz CT molecular complexity index is 784. The van der Waals surface area contributed by atoms with Crippen LogP contribution in [-0.4, -0.2) is 29.0 Å². The highest BCUT2D eigenvalue weighted by molar-refractivity contribution is 9.10. The van der Waals surface area contributed by atoms with Crippen LogP contribution >= 0.6 is 38.8 Å². The van der Waals surface area contributed by atoms with Crippen molar-refractivity contribution in [1.29, 1.82) is 0 Å². The van der Waals surface area contributed by atoms with Crippen molar-refractivity contribution in [2.45, 2.75) is 26.2 Å². The second-order valence-electron chi connectivity index (χ2n) is 5.73. The summed E-state index contributed by atoms with van der Waals surface area (Å²) in [5, 5.41) is 12.5. The number of aromatic nitrogens is 2. The minimum Gasteiger partial charge on any atom is -0.367 e. The highest BCUT2D eigenvalue weighted by Crippen LogP contribution is 2.29. The maximum absolute atomic E-state index is 4.49. The number of nitrogens with zero attached hydrogens (tertiary/aromatic N) is 2. The van der Waals surface area contributed by atoms with E-state index in [2.05, 4.69) is 59.7 Å². The van der Waals surface area contributed by atoms with Crippen molar-refractivity contribution >= 4 is 54.7 Å². The van der Waals surface area contributed by atoms with Gasteiger partial charge in [-0.05, 0) is 71.8 Å². The van der Waals surface area contributed by atoms with Gasteiger partial charge in [0.25, 0.3) is 0 Å². The number of hydrogen-bond donors (Lipinski definition) is 2. The highest BCUT2D eigenvalue weighted by Gasteiger charge is 2.05. The normalized spacial score (nSPS) is 11.2. The quantitative estimate of drug-likeness (QED) is 0.482. The Balaban J connectivity index is 1.27. The molecule has 0 radical (unpaired) electrons. The highest BCUT2D eigenvalue weighted by atomic mass is 79.9. The fourth-order valence-corrected chi connectivity index (χ4v) is 4.73. The van der Waals surface area contributed by atoms with Crippen LogP contribution in [0.5, 0.6) is 0 Å². The zero-order valence-electron chi connectivity index (χ0n) is 13.6. The molecule has 7 heteroatoms. The third-order valence-electron chi connectivity index (χ3n) is 3.88. The first-order chi connectivity index (χ1) is 11.7. The van der Waals surface area contributed by atoms with E-state index < -0.39 is 0 Å². The molecular formula is C17H21BrN4S2. The summed E-state index contributed by atoms with van der Waals surface area (Å²) in [7, 11) is 0. The molecule has 4 nitrogen and oxygen atoms in total. The van der Waals surface area contributed by atoms with Gasteiger partial charge in [-0.15, -0.1) is 0 Å². The molecule has 0 fully saturated rings. The van der Waals surface area contributed by atoms with Gasteiger partial charge in [0, 0.05) is 45.6 Å². The summed E-state index contributed by atoms with van der Waals surface area (Å²) in [5.41, 5.74) is 2.48. The Hall–Kier alpha value is -1.02. The Morgan fingerprint density at radius 1 is 1.17 bits per heavy atom. The van der Waals surface area contributed by atoms with Crippen LogP contribution in [-0.2, 0) is 6.42 Å². The van der Waals surface area contributed by atoms with E-state index in [9.17, 15) is 0 Å². The third-order valence-corrected chi connectivity index (χ3v) is 6.02. The molecule has 0 aromatic carbocycles. The summed E-state index contributed by atoms with van der Waals surface area (Å²) in [4.78, 5) is 4.49. The number of halogens is 1. The molecule has 0 aliphatic heterocycles. The van der Waals surface area contributed by atoms with Crippen LogP contribution in [0, 0.1) is 6.92 Å². The first-order valence-corrected chi connectivity index (χ1v) is 10.6. The van der Waals surface area contributed by atoms with Gasteiger partial charge in [0.15, 0.2) is 0 Å². The van der Waals surface area contributed by atoms with Gasteiger partial charge in [-0.1, -0.05) is 0 Å². The summed E-state index contributed by atoms with van der Waals surface area (Å²) in [6, 6.07) is 2.13. The average molecular weight is 425 g/mol. The smallest absolute Gasteiger partial charge is 0.148 e. The lowest BCUT2D eigenvalue weighted by atomic mass is 10.1. The summed E-state index contributed by atoms with van der Waals surface area (Å²) in [6.45, 7) is 5.03. The first kappa shape index (κ1) is 17.8. The molecule has 0 saturated heterocycles. The zero-order chi connectivity index (χ0) is 16.8. The summed E-state index contributed by atoms with van der Waals surface area (Å²) in [6.07, 6.45) is 5.27. The standard InChI is InChI=1S/C17H21BrN4S2/c1-12-8-13(18)9-21-15(12)4-2-3-5-19-6-7-20-17-14-10-23-11-16(14)24-22-17/h8-11,19H,2-7H2,1H3,(H,20,22). The molecule has 3 rings (SSSR count). The lowest BCUT2D eigenvalue weighted by Crippen LogP contribution is -2.23. The summed E-state index contributed by atoms with van der Waals surface area (Å²) >= 11 is 6.75. The SMILES string of the molecule is Cc1cc(Br)cnc1CCCCNCCNc1nsc2cscc12. The van der Waals surface area contributed by atoms with Crippen molar-refractivity contribution in [3.05, 3.63) is 38.8 Å². The lowest BCUT2D eigenvalue weighted by molar-refractivity contribution is 0.628. The van der Waals surface area contributed by atoms with Gasteiger partial charge in [-0.25, -0.2) is 0 Å². The molecule has 0 aliphatic carbocycles. The van der Waals surface area contributed by atoms with Gasteiger partial charge >= 0.3 is 0 Å². The second kappa shape index (κ2) is 8.89. The maximum atomic E-state index is 4.49. The van der Waals surface area contributed by atoms with E-state index in [4.69, 9.17) is 0 Å². The van der Waals surface area contributed by atoms with E-state index in [1.165, 1.54) is 27.8 Å². The molecule has 0 saturated carbocycles. The molecule has 0 amide bonds. The first-order valence-electron chi connectivity index (χ1n) is 8.11. The minimum absolute atomic E-state index is 0.905. The Morgan fingerprint density at radius 2 is 2.08 bits per heavy atom. The van der Waals surface area contributed by atoms with Crippen molar-refractivity contribution in [1.82, 2.24) is 14.7 Å². The molecule has 0 atom stereocenters. The number of pyridine rings is 1. The van der Waals surface area contributed by atoms with Gasteiger partial charge in [-0.3, -0.25) is 4.98 Å². The third kappa shape index (κ3) is 4.75. The summed E-state index contributed by atoms with van der Waals surface area (Å²) < 4.78 is 6.77. The van der Waals surface area contributed by atoms with Crippen molar-refractivity contribution in [2.75, 3.05) is 25.0 Å². The Morgan fingerprint density at radius 3 is 2.96 bits per heavy atom. The van der Waals surface area contributed by atoms with E-state index in [0.717, 1.165) is 42.8 Å². The molecule has 0 aliphatic rings. The monoisotopic (exact) mass is 424 g/mol. The van der Waals surface area contributed by atoms with E-state index >= 15 is 0 Å². The Kier molecular flexibility index (Phi) is 6.59. The molecule has 128 valence electrons. The van der Waals surface area contributed by atoms with Crippen LogP contribution in [0.2, 0.25) is 0 Å². The van der Waals surface area contributed by atoms with E-state index in [0.29, 0.717) is 0 Å². The fourth-order valence-electron chi connectivity index (χ4n) is 2.57. The molecule has 0 unspecified atom stereocenters. The van der Waals surface area contributed by atoms with Crippen LogP contribution in [0.15, 0.2) is 27.5 Å². The predicted octanol–water partition coefficient (Wildman–Crippen LogP) is 4.85. The number of unbranched alkanes of at least 4 members (excludes halogenated alkanes) is 1. The van der Waals surface area contributed by atoms with Crippen LogP contribution < -0.4 is 10.6 Å². The van der Waals surface area contributed by atoms with E-state index in [-0.39, 0.29) is 0 Å². The van der Waals surface area contributed by atoms with Gasteiger partial charge < -0.3 is 10.6 Å². The minimum atomic E-state index is 0.905. The number of nitrogens with one attached hydrogen (secondary N) is 2. The van der Waals surface area contributed by atoms with Crippen molar-refractivity contribution < 1.29 is 0 Å². The molecule has 3 heterocycles. The van der Waals surface area contributed by atoms with Crippen LogP contribution in [0.4, 0.5) is 5.82 Å². The molecule has 2 N–H and O–H groups in total. The van der Waals surface area contributed by atoms with Gasteiger partial charge in [0.1, 0.15) is 5.82 Å². The van der Waals surface area contributed by atoms with Crippen molar-refractivity contribution in [2.24, 2.45) is 0 Å². The van der Waals surface area contributed by atoms with Gasteiger partial charge in [0.05, 0.1) is 4.70 Å².